The van der Waals surface area contributed by atoms with E-state index in [-0.39, 0.29) is 17.2 Å². The number of amides is 1. The van der Waals surface area contributed by atoms with Gasteiger partial charge in [-0.25, -0.2) is 22.7 Å². The van der Waals surface area contributed by atoms with E-state index in [2.05, 4.69) is 15.3 Å². The van der Waals surface area contributed by atoms with Gasteiger partial charge in [-0.1, -0.05) is 23.5 Å². The second kappa shape index (κ2) is 8.03. The molecule has 4 aromatic rings. The number of hydrogen-bond acceptors (Lipinski definition) is 6. The second-order valence-electron chi connectivity index (χ2n) is 7.51. The van der Waals surface area contributed by atoms with Crippen molar-refractivity contribution < 1.29 is 13.2 Å². The van der Waals surface area contributed by atoms with E-state index in [4.69, 9.17) is 0 Å². The molecule has 162 valence electrons. The van der Waals surface area contributed by atoms with Crippen LogP contribution in [0.25, 0.3) is 21.3 Å². The third-order valence-electron chi connectivity index (χ3n) is 5.17. The lowest BCUT2D eigenvalue weighted by atomic mass is 10.2. The number of rotatable bonds is 6. The van der Waals surface area contributed by atoms with Gasteiger partial charge in [-0.15, -0.1) is 0 Å². The third-order valence-corrected chi connectivity index (χ3v) is 7.91. The third kappa shape index (κ3) is 4.06. The van der Waals surface area contributed by atoms with Crippen LogP contribution >= 0.6 is 11.3 Å². The van der Waals surface area contributed by atoms with Crippen molar-refractivity contribution in [3.8, 4) is 0 Å². The number of imidazole rings is 1. The van der Waals surface area contributed by atoms with Crippen LogP contribution in [0.1, 0.15) is 17.8 Å². The highest BCUT2D eigenvalue weighted by atomic mass is 32.2. The highest BCUT2D eigenvalue weighted by molar-refractivity contribution is 7.89. The van der Waals surface area contributed by atoms with E-state index in [1.165, 1.54) is 29.7 Å². The quantitative estimate of drug-likeness (QED) is 0.479. The maximum absolute atomic E-state index is 12.5. The van der Waals surface area contributed by atoms with Gasteiger partial charge in [0, 0.05) is 34.0 Å². The van der Waals surface area contributed by atoms with E-state index in [1.54, 1.807) is 18.2 Å². The predicted octanol–water partition coefficient (Wildman–Crippen LogP) is 3.31. The molecule has 0 saturated carbocycles. The number of anilines is 1. The molecule has 0 atom stereocenters. The largest absolute Gasteiger partial charge is 0.331 e. The lowest BCUT2D eigenvalue weighted by Gasteiger charge is -2.10. The molecular weight excluding hydrogens is 434 g/mol. The molecule has 0 bridgehead atoms. The van der Waals surface area contributed by atoms with Crippen LogP contribution in [0, 0.1) is 6.92 Å². The van der Waals surface area contributed by atoms with Gasteiger partial charge in [-0.05, 0) is 36.8 Å². The summed E-state index contributed by atoms with van der Waals surface area (Å²) in [5.74, 6) is 0.573. The van der Waals surface area contributed by atoms with Crippen molar-refractivity contribution in [1.82, 2.24) is 18.8 Å². The summed E-state index contributed by atoms with van der Waals surface area (Å²) in [6.07, 6.45) is 0.672. The van der Waals surface area contributed by atoms with Gasteiger partial charge in [-0.2, -0.15) is 0 Å². The van der Waals surface area contributed by atoms with Gasteiger partial charge in [0.2, 0.25) is 15.9 Å². The summed E-state index contributed by atoms with van der Waals surface area (Å²) >= 11 is 1.45. The SMILES string of the molecule is Cc1cccc2sc(NC(=O)CCc3nc4cc(S(=O)(=O)N(C)C)ccc4n3C)nc12. The van der Waals surface area contributed by atoms with Crippen molar-refractivity contribution in [2.24, 2.45) is 7.05 Å². The van der Waals surface area contributed by atoms with Gasteiger partial charge in [0.15, 0.2) is 5.13 Å². The number of thiazole rings is 1. The molecule has 0 unspecified atom stereocenters. The molecule has 1 N–H and O–H groups in total. The number of aromatic nitrogens is 3. The number of aryl methyl sites for hydroxylation is 3. The number of nitrogens with zero attached hydrogens (tertiary/aromatic N) is 4. The molecule has 0 saturated heterocycles. The Kier molecular flexibility index (Phi) is 5.54. The summed E-state index contributed by atoms with van der Waals surface area (Å²) < 4.78 is 28.8. The molecule has 10 heteroatoms. The normalized spacial score (nSPS) is 12.2. The first-order valence-electron chi connectivity index (χ1n) is 9.70. The van der Waals surface area contributed by atoms with Crippen molar-refractivity contribution in [3.05, 3.63) is 47.8 Å². The minimum Gasteiger partial charge on any atom is -0.331 e. The molecule has 0 aliphatic carbocycles. The van der Waals surface area contributed by atoms with Crippen LogP contribution in [0.4, 0.5) is 5.13 Å². The number of carbonyl (C=O) groups excluding carboxylic acids is 1. The van der Waals surface area contributed by atoms with Crippen LogP contribution in [-0.4, -0.2) is 47.3 Å². The van der Waals surface area contributed by atoms with Gasteiger partial charge < -0.3 is 9.88 Å². The highest BCUT2D eigenvalue weighted by Crippen LogP contribution is 2.28. The zero-order valence-electron chi connectivity index (χ0n) is 17.7. The van der Waals surface area contributed by atoms with Crippen LogP contribution in [0.5, 0.6) is 0 Å². The molecule has 0 aliphatic rings. The Labute approximate surface area is 184 Å². The number of benzene rings is 2. The summed E-state index contributed by atoms with van der Waals surface area (Å²) in [5, 5.41) is 3.45. The fourth-order valence-corrected chi connectivity index (χ4v) is 5.25. The summed E-state index contributed by atoms with van der Waals surface area (Å²) in [6, 6.07) is 10.8. The van der Waals surface area contributed by atoms with Crippen molar-refractivity contribution in [2.75, 3.05) is 19.4 Å². The Morgan fingerprint density at radius 1 is 1.19 bits per heavy atom. The first-order valence-corrected chi connectivity index (χ1v) is 12.0. The number of nitrogens with one attached hydrogen (secondary N) is 1. The Morgan fingerprint density at radius 3 is 2.68 bits per heavy atom. The number of para-hydroxylation sites is 1. The van der Waals surface area contributed by atoms with Crippen LogP contribution in [-0.2, 0) is 28.3 Å². The van der Waals surface area contributed by atoms with Gasteiger partial charge in [0.25, 0.3) is 0 Å². The Balaban J connectivity index is 1.49. The van der Waals surface area contributed by atoms with E-state index < -0.39 is 10.0 Å². The first kappa shape index (κ1) is 21.4. The zero-order valence-corrected chi connectivity index (χ0v) is 19.3. The average molecular weight is 458 g/mol. The Morgan fingerprint density at radius 2 is 1.97 bits per heavy atom. The Bertz CT molecular complexity index is 1400. The van der Waals surface area contributed by atoms with Crippen molar-refractivity contribution in [1.29, 1.82) is 0 Å². The molecule has 4 rings (SSSR count). The van der Waals surface area contributed by atoms with Gasteiger partial charge in [0.05, 0.1) is 26.1 Å². The summed E-state index contributed by atoms with van der Waals surface area (Å²) in [6.45, 7) is 1.99. The molecule has 8 nitrogen and oxygen atoms in total. The molecule has 2 aromatic carbocycles. The number of carbonyl (C=O) groups is 1. The fourth-order valence-electron chi connectivity index (χ4n) is 3.37. The van der Waals surface area contributed by atoms with Crippen LogP contribution in [0.15, 0.2) is 41.3 Å². The maximum Gasteiger partial charge on any atom is 0.242 e. The van der Waals surface area contributed by atoms with Crippen LogP contribution in [0.2, 0.25) is 0 Å². The van der Waals surface area contributed by atoms with Crippen molar-refractivity contribution in [2.45, 2.75) is 24.7 Å². The number of fused-ring (bicyclic) bond motifs is 2. The van der Waals surface area contributed by atoms with Gasteiger partial charge in [-0.3, -0.25) is 4.79 Å². The zero-order chi connectivity index (χ0) is 22.3. The van der Waals surface area contributed by atoms with E-state index in [0.717, 1.165) is 21.3 Å². The molecule has 31 heavy (non-hydrogen) atoms. The predicted molar refractivity (Wildman–Crippen MR) is 123 cm³/mol. The van der Waals surface area contributed by atoms with E-state index in [9.17, 15) is 13.2 Å². The summed E-state index contributed by atoms with van der Waals surface area (Å²) in [5.41, 5.74) is 3.38. The van der Waals surface area contributed by atoms with Crippen LogP contribution in [0.3, 0.4) is 0 Å². The topological polar surface area (TPSA) is 97.2 Å². The molecule has 0 spiro atoms. The van der Waals surface area contributed by atoms with Crippen molar-refractivity contribution in [3.63, 3.8) is 0 Å². The smallest absolute Gasteiger partial charge is 0.242 e. The van der Waals surface area contributed by atoms with E-state index in [1.807, 2.05) is 36.7 Å². The fraction of sp³-hybridized carbons (Fsp3) is 0.286. The van der Waals surface area contributed by atoms with Crippen LogP contribution < -0.4 is 5.32 Å². The highest BCUT2D eigenvalue weighted by Gasteiger charge is 2.19. The minimum atomic E-state index is -3.53. The molecule has 1 amide bonds. The maximum atomic E-state index is 12.5. The van der Waals surface area contributed by atoms with Gasteiger partial charge >= 0.3 is 0 Å². The minimum absolute atomic E-state index is 0.139. The molecular formula is C21H23N5O3S2. The lowest BCUT2D eigenvalue weighted by Crippen LogP contribution is -2.22. The van der Waals surface area contributed by atoms with E-state index in [0.29, 0.717) is 22.9 Å². The monoisotopic (exact) mass is 457 g/mol. The van der Waals surface area contributed by atoms with E-state index >= 15 is 0 Å². The molecule has 2 heterocycles. The lowest BCUT2D eigenvalue weighted by molar-refractivity contribution is -0.116. The first-order chi connectivity index (χ1) is 14.7. The standard InChI is InChI=1S/C21H23N5O3S2/c1-13-6-5-7-17-20(13)24-21(30-17)23-19(27)11-10-18-22-15-12-14(31(28,29)25(2)3)8-9-16(15)26(18)4/h5-9,12H,10-11H2,1-4H3,(H,23,24,27). The van der Waals surface area contributed by atoms with Gasteiger partial charge in [0.1, 0.15) is 5.82 Å². The Hall–Kier alpha value is -2.82. The molecule has 0 fully saturated rings. The summed E-state index contributed by atoms with van der Waals surface area (Å²) in [4.78, 5) is 21.7. The number of hydrogen-bond donors (Lipinski definition) is 1. The average Bonchev–Trinajstić information content (AvgIpc) is 3.27. The molecule has 0 radical (unpaired) electrons. The number of sulfonamides is 1. The molecule has 0 aliphatic heterocycles. The molecule has 2 aromatic heterocycles. The second-order valence-corrected chi connectivity index (χ2v) is 10.7. The van der Waals surface area contributed by atoms with Crippen molar-refractivity contribution >= 4 is 53.6 Å². The summed E-state index contributed by atoms with van der Waals surface area (Å²) in [7, 11) is 1.32.